The van der Waals surface area contributed by atoms with Gasteiger partial charge < -0.3 is 15.2 Å². The van der Waals surface area contributed by atoms with Gasteiger partial charge in [-0.2, -0.15) is 0 Å². The molecular formula is C18H26N2O4. The number of carboxylic acids is 1. The number of rotatable bonds is 5. The monoisotopic (exact) mass is 334 g/mol. The largest absolute Gasteiger partial charge is 0.496 e. The molecule has 132 valence electrons. The van der Waals surface area contributed by atoms with E-state index in [4.69, 9.17) is 4.74 Å². The molecule has 0 aliphatic carbocycles. The first-order valence-electron chi connectivity index (χ1n) is 8.22. The molecule has 6 heteroatoms. The third-order valence-corrected chi connectivity index (χ3v) is 4.54. The van der Waals surface area contributed by atoms with Gasteiger partial charge in [-0.05, 0) is 43.4 Å². The maximum Gasteiger partial charge on any atom is 0.325 e. The molecule has 0 saturated carbocycles. The highest BCUT2D eigenvalue weighted by molar-refractivity contribution is 5.76. The molecule has 1 aromatic carbocycles. The highest BCUT2D eigenvalue weighted by atomic mass is 16.5. The molecule has 0 radical (unpaired) electrons. The van der Waals surface area contributed by atoms with Crippen molar-refractivity contribution in [2.45, 2.75) is 45.7 Å². The molecule has 1 aliphatic heterocycles. The molecule has 0 aromatic heterocycles. The van der Waals surface area contributed by atoms with Gasteiger partial charge in [0.15, 0.2) is 0 Å². The Kier molecular flexibility index (Phi) is 5.83. The maximum absolute atomic E-state index is 11.9. The van der Waals surface area contributed by atoms with Gasteiger partial charge in [-0.15, -0.1) is 0 Å². The number of carbonyl (C=O) groups is 2. The van der Waals surface area contributed by atoms with Crippen molar-refractivity contribution in [2.75, 3.05) is 20.2 Å². The number of carbonyl (C=O) groups excluding carboxylic acids is 1. The molecule has 1 saturated heterocycles. The smallest absolute Gasteiger partial charge is 0.325 e. The van der Waals surface area contributed by atoms with Crippen LogP contribution in [0.5, 0.6) is 5.75 Å². The number of nitrogens with zero attached hydrogens (tertiary/aromatic N) is 1. The van der Waals surface area contributed by atoms with Crippen LogP contribution in [-0.4, -0.2) is 48.1 Å². The lowest BCUT2D eigenvalue weighted by atomic mass is 9.96. The zero-order valence-corrected chi connectivity index (χ0v) is 14.8. The molecule has 1 atom stereocenters. The lowest BCUT2D eigenvalue weighted by molar-refractivity contribution is -0.144. The van der Waals surface area contributed by atoms with E-state index >= 15 is 0 Å². The van der Waals surface area contributed by atoms with Crippen LogP contribution < -0.4 is 10.1 Å². The van der Waals surface area contributed by atoms with Crippen molar-refractivity contribution in [1.29, 1.82) is 0 Å². The molecule has 1 amide bonds. The van der Waals surface area contributed by atoms with E-state index < -0.39 is 12.0 Å². The minimum absolute atomic E-state index is 0.0374. The fraction of sp³-hybridized carbons (Fsp3) is 0.556. The van der Waals surface area contributed by atoms with Crippen LogP contribution in [0.3, 0.4) is 0 Å². The summed E-state index contributed by atoms with van der Waals surface area (Å²) < 4.78 is 5.37. The van der Waals surface area contributed by atoms with Gasteiger partial charge in [0.05, 0.1) is 7.11 Å². The van der Waals surface area contributed by atoms with Gasteiger partial charge in [0.25, 0.3) is 0 Å². The summed E-state index contributed by atoms with van der Waals surface area (Å²) in [7, 11) is 1.62. The van der Waals surface area contributed by atoms with Gasteiger partial charge in [-0.1, -0.05) is 12.1 Å². The van der Waals surface area contributed by atoms with Crippen LogP contribution in [0.15, 0.2) is 12.1 Å². The molecule has 1 aromatic rings. The summed E-state index contributed by atoms with van der Waals surface area (Å²) in [5, 5.41) is 12.7. The standard InChI is InChI=1S/C18H26N2O4/c1-11-9-14(10-12(2)17(11)24-4)16(18(22)23)20-7-5-15(6-8-20)19-13(3)21/h9-10,15-16H,5-8H2,1-4H3,(H,19,21)(H,22,23). The van der Waals surface area contributed by atoms with Crippen LogP contribution in [0.25, 0.3) is 0 Å². The molecule has 2 rings (SSSR count). The number of hydrogen-bond acceptors (Lipinski definition) is 4. The first-order valence-corrected chi connectivity index (χ1v) is 8.22. The number of likely N-dealkylation sites (tertiary alicyclic amines) is 1. The first kappa shape index (κ1) is 18.3. The van der Waals surface area contributed by atoms with Crippen molar-refractivity contribution < 1.29 is 19.4 Å². The Balaban J connectivity index is 2.19. The highest BCUT2D eigenvalue weighted by Crippen LogP contribution is 2.31. The molecule has 0 bridgehead atoms. The average molecular weight is 334 g/mol. The Labute approximate surface area is 142 Å². The van der Waals surface area contributed by atoms with Crippen LogP contribution in [0, 0.1) is 13.8 Å². The molecule has 24 heavy (non-hydrogen) atoms. The molecule has 2 N–H and O–H groups in total. The van der Waals surface area contributed by atoms with Crippen molar-refractivity contribution in [3.05, 3.63) is 28.8 Å². The fourth-order valence-electron chi connectivity index (χ4n) is 3.56. The van der Waals surface area contributed by atoms with E-state index in [0.29, 0.717) is 13.1 Å². The third-order valence-electron chi connectivity index (χ3n) is 4.54. The number of nitrogens with one attached hydrogen (secondary N) is 1. The number of ether oxygens (including phenoxy) is 1. The Bertz CT molecular complexity index is 598. The van der Waals surface area contributed by atoms with Crippen molar-refractivity contribution in [2.24, 2.45) is 0 Å². The summed E-state index contributed by atoms with van der Waals surface area (Å²) in [6, 6.07) is 3.24. The average Bonchev–Trinajstić information content (AvgIpc) is 2.48. The Morgan fingerprint density at radius 1 is 1.25 bits per heavy atom. The lowest BCUT2D eigenvalue weighted by Gasteiger charge is -2.36. The molecule has 6 nitrogen and oxygen atoms in total. The second-order valence-corrected chi connectivity index (χ2v) is 6.44. The SMILES string of the molecule is COc1c(C)cc(C(C(=O)O)N2CCC(NC(C)=O)CC2)cc1C. The van der Waals surface area contributed by atoms with Gasteiger partial charge in [-0.3, -0.25) is 14.5 Å². The zero-order valence-electron chi connectivity index (χ0n) is 14.8. The summed E-state index contributed by atoms with van der Waals surface area (Å²) in [5.74, 6) is -0.0890. The summed E-state index contributed by atoms with van der Waals surface area (Å²) in [6.45, 7) is 6.65. The Morgan fingerprint density at radius 3 is 2.21 bits per heavy atom. The van der Waals surface area contributed by atoms with Gasteiger partial charge in [0, 0.05) is 26.1 Å². The molecular weight excluding hydrogens is 308 g/mol. The van der Waals surface area contributed by atoms with Crippen molar-refractivity contribution in [3.63, 3.8) is 0 Å². The van der Waals surface area contributed by atoms with Crippen molar-refractivity contribution in [3.8, 4) is 5.75 Å². The molecule has 1 unspecified atom stereocenters. The van der Waals surface area contributed by atoms with E-state index in [2.05, 4.69) is 5.32 Å². The number of aryl methyl sites for hydroxylation is 2. The molecule has 0 spiro atoms. The second kappa shape index (κ2) is 7.66. The minimum atomic E-state index is -0.850. The number of hydrogen-bond donors (Lipinski definition) is 2. The normalized spacial score (nSPS) is 17.3. The van der Waals surface area contributed by atoms with E-state index in [1.165, 1.54) is 6.92 Å². The predicted octanol–water partition coefficient (Wildman–Crippen LogP) is 2.04. The van der Waals surface area contributed by atoms with Gasteiger partial charge >= 0.3 is 5.97 Å². The highest BCUT2D eigenvalue weighted by Gasteiger charge is 2.31. The summed E-state index contributed by atoms with van der Waals surface area (Å²) in [4.78, 5) is 25.0. The maximum atomic E-state index is 11.9. The number of methoxy groups -OCH3 is 1. The van der Waals surface area contributed by atoms with E-state index in [9.17, 15) is 14.7 Å². The van der Waals surface area contributed by atoms with E-state index in [-0.39, 0.29) is 11.9 Å². The van der Waals surface area contributed by atoms with Gasteiger partial charge in [0.1, 0.15) is 11.8 Å². The van der Waals surface area contributed by atoms with Crippen LogP contribution in [0.4, 0.5) is 0 Å². The number of piperidine rings is 1. The number of amides is 1. The van der Waals surface area contributed by atoms with Crippen molar-refractivity contribution >= 4 is 11.9 Å². The number of carboxylic acid groups (broad SMARTS) is 1. The van der Waals surface area contributed by atoms with Gasteiger partial charge in [-0.25, -0.2) is 0 Å². The molecule has 1 heterocycles. The van der Waals surface area contributed by atoms with Crippen molar-refractivity contribution in [1.82, 2.24) is 10.2 Å². The van der Waals surface area contributed by atoms with E-state index in [1.54, 1.807) is 7.11 Å². The first-order chi connectivity index (χ1) is 11.3. The van der Waals surface area contributed by atoms with Crippen LogP contribution >= 0.6 is 0 Å². The van der Waals surface area contributed by atoms with Crippen LogP contribution in [0.2, 0.25) is 0 Å². The number of benzene rings is 1. The quantitative estimate of drug-likeness (QED) is 0.861. The topological polar surface area (TPSA) is 78.9 Å². The summed E-state index contributed by atoms with van der Waals surface area (Å²) in [6.07, 6.45) is 1.52. The fourth-order valence-corrected chi connectivity index (χ4v) is 3.56. The Hall–Kier alpha value is -2.08. The predicted molar refractivity (Wildman–Crippen MR) is 91.3 cm³/mol. The van der Waals surface area contributed by atoms with Gasteiger partial charge in [0.2, 0.25) is 5.91 Å². The van der Waals surface area contributed by atoms with E-state index in [0.717, 1.165) is 35.3 Å². The Morgan fingerprint density at radius 2 is 1.79 bits per heavy atom. The molecule has 1 aliphatic rings. The minimum Gasteiger partial charge on any atom is -0.496 e. The zero-order chi connectivity index (χ0) is 17.9. The summed E-state index contributed by atoms with van der Waals surface area (Å²) >= 11 is 0. The number of aliphatic carboxylic acids is 1. The van der Waals surface area contributed by atoms with Crippen LogP contribution in [0.1, 0.15) is 42.5 Å². The molecule has 1 fully saturated rings. The van der Waals surface area contributed by atoms with Crippen LogP contribution in [-0.2, 0) is 9.59 Å². The lowest BCUT2D eigenvalue weighted by Crippen LogP contribution is -2.46. The van der Waals surface area contributed by atoms with E-state index in [1.807, 2.05) is 30.9 Å². The summed E-state index contributed by atoms with van der Waals surface area (Å²) in [5.41, 5.74) is 2.65. The second-order valence-electron chi connectivity index (χ2n) is 6.44. The third kappa shape index (κ3) is 4.06.